The van der Waals surface area contributed by atoms with Crippen LogP contribution in [0.15, 0.2) is 24.4 Å². The van der Waals surface area contributed by atoms with E-state index in [0.717, 1.165) is 5.69 Å². The minimum atomic E-state index is -0.689. The first-order chi connectivity index (χ1) is 9.08. The van der Waals surface area contributed by atoms with E-state index in [1.165, 1.54) is 0 Å². The Balaban J connectivity index is 1.91. The lowest BCUT2D eigenvalue weighted by Crippen LogP contribution is -2.22. The van der Waals surface area contributed by atoms with Gasteiger partial charge in [-0.2, -0.15) is 0 Å². The number of hydrogen-bond acceptors (Lipinski definition) is 4. The van der Waals surface area contributed by atoms with Gasteiger partial charge in [-0.1, -0.05) is 34.5 Å². The van der Waals surface area contributed by atoms with Gasteiger partial charge in [-0.05, 0) is 12.1 Å². The number of hydrogen-bond donors (Lipinski definition) is 2. The second-order valence-corrected chi connectivity index (χ2v) is 5.01. The summed E-state index contributed by atoms with van der Waals surface area (Å²) in [6, 6.07) is 5.05. The van der Waals surface area contributed by atoms with Gasteiger partial charge in [0, 0.05) is 35.7 Å². The van der Waals surface area contributed by atoms with Gasteiger partial charge < -0.3 is 10.4 Å². The standard InChI is InChI=1S/C12H14Cl2N4O/c1-18-9(6-16-17-18)5-15-7-12(19)10-3-2-8(13)4-11(10)14/h2-4,6,12,15,19H,5,7H2,1H3. The number of aromatic nitrogens is 3. The van der Waals surface area contributed by atoms with Gasteiger partial charge in [0.25, 0.3) is 0 Å². The Labute approximate surface area is 121 Å². The van der Waals surface area contributed by atoms with Gasteiger partial charge in [-0.3, -0.25) is 4.68 Å². The highest BCUT2D eigenvalue weighted by atomic mass is 35.5. The Kier molecular flexibility index (Phi) is 4.76. The first-order valence-electron chi connectivity index (χ1n) is 5.75. The number of benzene rings is 1. The molecular weight excluding hydrogens is 287 g/mol. The quantitative estimate of drug-likeness (QED) is 0.886. The van der Waals surface area contributed by atoms with E-state index in [4.69, 9.17) is 23.2 Å². The number of aliphatic hydroxyl groups excluding tert-OH is 1. The fourth-order valence-corrected chi connectivity index (χ4v) is 2.22. The van der Waals surface area contributed by atoms with Crippen LogP contribution in [-0.2, 0) is 13.6 Å². The molecule has 0 bridgehead atoms. The minimum Gasteiger partial charge on any atom is -0.387 e. The number of aliphatic hydroxyl groups is 1. The van der Waals surface area contributed by atoms with Gasteiger partial charge in [0.05, 0.1) is 18.0 Å². The highest BCUT2D eigenvalue weighted by Crippen LogP contribution is 2.25. The van der Waals surface area contributed by atoms with Crippen LogP contribution in [0.2, 0.25) is 10.0 Å². The van der Waals surface area contributed by atoms with E-state index >= 15 is 0 Å². The van der Waals surface area contributed by atoms with Crippen molar-refractivity contribution in [2.45, 2.75) is 12.6 Å². The summed E-state index contributed by atoms with van der Waals surface area (Å²) in [5, 5.41) is 21.8. The highest BCUT2D eigenvalue weighted by molar-refractivity contribution is 6.35. The molecule has 0 aliphatic rings. The average molecular weight is 301 g/mol. The van der Waals surface area contributed by atoms with E-state index in [0.29, 0.717) is 28.7 Å². The van der Waals surface area contributed by atoms with Crippen LogP contribution >= 0.6 is 23.2 Å². The predicted molar refractivity (Wildman–Crippen MR) is 74.1 cm³/mol. The fourth-order valence-electron chi connectivity index (χ4n) is 1.69. The zero-order valence-electron chi connectivity index (χ0n) is 10.3. The minimum absolute atomic E-state index is 0.381. The van der Waals surface area contributed by atoms with Crippen LogP contribution < -0.4 is 5.32 Å². The molecule has 0 saturated carbocycles. The molecule has 1 atom stereocenters. The molecule has 1 unspecified atom stereocenters. The molecule has 0 amide bonds. The van der Waals surface area contributed by atoms with E-state index in [2.05, 4.69) is 15.6 Å². The Morgan fingerprint density at radius 3 is 2.84 bits per heavy atom. The zero-order valence-corrected chi connectivity index (χ0v) is 11.9. The largest absolute Gasteiger partial charge is 0.387 e. The molecule has 0 saturated heterocycles. The van der Waals surface area contributed by atoms with E-state index in [9.17, 15) is 5.11 Å². The van der Waals surface area contributed by atoms with Crippen molar-refractivity contribution in [3.63, 3.8) is 0 Å². The zero-order chi connectivity index (χ0) is 13.8. The van der Waals surface area contributed by atoms with Gasteiger partial charge in [0.2, 0.25) is 0 Å². The molecule has 102 valence electrons. The lowest BCUT2D eigenvalue weighted by molar-refractivity contribution is 0.174. The van der Waals surface area contributed by atoms with Crippen molar-refractivity contribution in [2.24, 2.45) is 7.05 Å². The number of aryl methyl sites for hydroxylation is 1. The third-order valence-electron chi connectivity index (χ3n) is 2.77. The second kappa shape index (κ2) is 6.34. The lowest BCUT2D eigenvalue weighted by Gasteiger charge is -2.13. The van der Waals surface area contributed by atoms with Crippen molar-refractivity contribution < 1.29 is 5.11 Å². The van der Waals surface area contributed by atoms with E-state index in [-0.39, 0.29) is 0 Å². The lowest BCUT2D eigenvalue weighted by atomic mass is 10.1. The molecule has 19 heavy (non-hydrogen) atoms. The van der Waals surface area contributed by atoms with Crippen LogP contribution in [0.3, 0.4) is 0 Å². The summed E-state index contributed by atoms with van der Waals surface area (Å²) >= 11 is 11.8. The summed E-state index contributed by atoms with van der Waals surface area (Å²) in [4.78, 5) is 0. The summed E-state index contributed by atoms with van der Waals surface area (Å²) in [6.07, 6.45) is 0.986. The van der Waals surface area contributed by atoms with Crippen LogP contribution in [0.25, 0.3) is 0 Å². The summed E-state index contributed by atoms with van der Waals surface area (Å²) in [5.74, 6) is 0. The average Bonchev–Trinajstić information content (AvgIpc) is 2.75. The molecule has 0 fully saturated rings. The number of nitrogens with one attached hydrogen (secondary N) is 1. The monoisotopic (exact) mass is 300 g/mol. The maximum atomic E-state index is 10.1. The van der Waals surface area contributed by atoms with Crippen LogP contribution in [0, 0.1) is 0 Å². The van der Waals surface area contributed by atoms with Gasteiger partial charge in [0.1, 0.15) is 0 Å². The Morgan fingerprint density at radius 2 is 2.21 bits per heavy atom. The van der Waals surface area contributed by atoms with Crippen molar-refractivity contribution in [3.8, 4) is 0 Å². The van der Waals surface area contributed by atoms with Gasteiger partial charge in [-0.15, -0.1) is 5.10 Å². The molecule has 5 nitrogen and oxygen atoms in total. The van der Waals surface area contributed by atoms with Gasteiger partial charge in [0.15, 0.2) is 0 Å². The Morgan fingerprint density at radius 1 is 1.42 bits per heavy atom. The molecule has 1 aromatic carbocycles. The molecule has 1 aromatic heterocycles. The van der Waals surface area contributed by atoms with Gasteiger partial charge >= 0.3 is 0 Å². The number of rotatable bonds is 5. The molecule has 0 aliphatic carbocycles. The van der Waals surface area contributed by atoms with Crippen molar-refractivity contribution in [1.29, 1.82) is 0 Å². The maximum absolute atomic E-state index is 10.1. The number of halogens is 2. The molecule has 0 radical (unpaired) electrons. The van der Waals surface area contributed by atoms with Crippen LogP contribution in [0.5, 0.6) is 0 Å². The second-order valence-electron chi connectivity index (χ2n) is 4.16. The third-order valence-corrected chi connectivity index (χ3v) is 3.34. The smallest absolute Gasteiger partial charge is 0.0928 e. The Hall–Kier alpha value is -1.14. The first kappa shape index (κ1) is 14.3. The molecule has 7 heteroatoms. The summed E-state index contributed by atoms with van der Waals surface area (Å²) in [6.45, 7) is 0.957. The molecule has 0 aliphatic heterocycles. The van der Waals surface area contributed by atoms with Crippen molar-refractivity contribution in [1.82, 2.24) is 20.3 Å². The molecule has 0 spiro atoms. The summed E-state index contributed by atoms with van der Waals surface area (Å²) in [7, 11) is 1.82. The van der Waals surface area contributed by atoms with Gasteiger partial charge in [-0.25, -0.2) is 0 Å². The maximum Gasteiger partial charge on any atom is 0.0928 e. The Bertz CT molecular complexity index is 558. The molecular formula is C12H14Cl2N4O. The first-order valence-corrected chi connectivity index (χ1v) is 6.51. The van der Waals surface area contributed by atoms with E-state index in [1.54, 1.807) is 29.1 Å². The van der Waals surface area contributed by atoms with Crippen molar-refractivity contribution in [3.05, 3.63) is 45.7 Å². The predicted octanol–water partition coefficient (Wildman–Crippen LogP) is 1.95. The normalized spacial score (nSPS) is 12.6. The third kappa shape index (κ3) is 3.67. The van der Waals surface area contributed by atoms with E-state index in [1.807, 2.05) is 7.05 Å². The molecule has 1 heterocycles. The molecule has 2 rings (SSSR count). The summed E-state index contributed by atoms with van der Waals surface area (Å²) < 4.78 is 1.68. The molecule has 2 aromatic rings. The molecule has 2 N–H and O–H groups in total. The summed E-state index contributed by atoms with van der Waals surface area (Å²) in [5.41, 5.74) is 1.59. The SMILES string of the molecule is Cn1nncc1CNCC(O)c1ccc(Cl)cc1Cl. The van der Waals surface area contributed by atoms with Crippen LogP contribution in [-0.4, -0.2) is 26.6 Å². The topological polar surface area (TPSA) is 63.0 Å². The number of nitrogens with zero attached hydrogens (tertiary/aromatic N) is 3. The fraction of sp³-hybridized carbons (Fsp3) is 0.333. The van der Waals surface area contributed by atoms with Crippen molar-refractivity contribution in [2.75, 3.05) is 6.54 Å². The van der Waals surface area contributed by atoms with Crippen molar-refractivity contribution >= 4 is 23.2 Å². The van der Waals surface area contributed by atoms with Crippen LogP contribution in [0.1, 0.15) is 17.4 Å². The van der Waals surface area contributed by atoms with E-state index < -0.39 is 6.10 Å². The highest BCUT2D eigenvalue weighted by Gasteiger charge is 2.11. The van der Waals surface area contributed by atoms with Crippen LogP contribution in [0.4, 0.5) is 0 Å².